The summed E-state index contributed by atoms with van der Waals surface area (Å²) in [5.74, 6) is 0. The van der Waals surface area contributed by atoms with Crippen molar-refractivity contribution in [3.63, 3.8) is 0 Å². The normalized spacial score (nSPS) is 13.5. The SMILES string of the molecule is CC(C)OCC(O)Cc1ccsc1. The Balaban J connectivity index is 2.22. The lowest BCUT2D eigenvalue weighted by Gasteiger charge is -2.12. The van der Waals surface area contributed by atoms with E-state index in [1.807, 2.05) is 25.3 Å². The minimum atomic E-state index is -0.378. The Morgan fingerprint density at radius 2 is 2.31 bits per heavy atom. The van der Waals surface area contributed by atoms with Gasteiger partial charge in [-0.3, -0.25) is 0 Å². The molecule has 0 aliphatic heterocycles. The van der Waals surface area contributed by atoms with E-state index in [2.05, 4.69) is 5.38 Å². The van der Waals surface area contributed by atoms with Gasteiger partial charge in [0.25, 0.3) is 0 Å². The molecule has 3 heteroatoms. The highest BCUT2D eigenvalue weighted by Gasteiger charge is 2.06. The van der Waals surface area contributed by atoms with E-state index in [4.69, 9.17) is 4.74 Å². The predicted octanol–water partition coefficient (Wildman–Crippen LogP) is 2.08. The first-order valence-electron chi connectivity index (χ1n) is 4.49. The first-order chi connectivity index (χ1) is 6.18. The van der Waals surface area contributed by atoms with Crippen molar-refractivity contribution in [1.82, 2.24) is 0 Å². The van der Waals surface area contributed by atoms with Crippen LogP contribution in [0.4, 0.5) is 0 Å². The molecule has 2 nitrogen and oxygen atoms in total. The highest BCUT2D eigenvalue weighted by molar-refractivity contribution is 7.07. The summed E-state index contributed by atoms with van der Waals surface area (Å²) in [4.78, 5) is 0. The Labute approximate surface area is 83.2 Å². The van der Waals surface area contributed by atoms with Crippen molar-refractivity contribution in [3.05, 3.63) is 22.4 Å². The van der Waals surface area contributed by atoms with Crippen LogP contribution in [0.25, 0.3) is 0 Å². The van der Waals surface area contributed by atoms with Gasteiger partial charge in [0.05, 0.1) is 18.8 Å². The quantitative estimate of drug-likeness (QED) is 0.788. The zero-order valence-electron chi connectivity index (χ0n) is 8.06. The number of aliphatic hydroxyl groups is 1. The molecule has 1 aromatic heterocycles. The van der Waals surface area contributed by atoms with Gasteiger partial charge in [0, 0.05) is 6.42 Å². The van der Waals surface area contributed by atoms with Gasteiger partial charge in [-0.05, 0) is 36.2 Å². The van der Waals surface area contributed by atoms with E-state index in [-0.39, 0.29) is 12.2 Å². The van der Waals surface area contributed by atoms with Gasteiger partial charge < -0.3 is 9.84 Å². The van der Waals surface area contributed by atoms with Crippen molar-refractivity contribution in [2.24, 2.45) is 0 Å². The molecule has 0 aromatic carbocycles. The van der Waals surface area contributed by atoms with E-state index in [9.17, 15) is 5.11 Å². The summed E-state index contributed by atoms with van der Waals surface area (Å²) in [6.07, 6.45) is 0.505. The van der Waals surface area contributed by atoms with Crippen LogP contribution < -0.4 is 0 Å². The molecule has 1 atom stereocenters. The minimum Gasteiger partial charge on any atom is -0.390 e. The van der Waals surface area contributed by atoms with E-state index in [1.165, 1.54) is 5.56 Å². The Hall–Kier alpha value is -0.380. The van der Waals surface area contributed by atoms with Crippen molar-refractivity contribution in [2.75, 3.05) is 6.61 Å². The minimum absolute atomic E-state index is 0.192. The van der Waals surface area contributed by atoms with Gasteiger partial charge in [-0.25, -0.2) is 0 Å². The maximum atomic E-state index is 9.55. The van der Waals surface area contributed by atoms with Crippen LogP contribution >= 0.6 is 11.3 Å². The fourth-order valence-electron chi connectivity index (χ4n) is 1.04. The average molecular weight is 200 g/mol. The maximum absolute atomic E-state index is 9.55. The third kappa shape index (κ3) is 4.41. The molecule has 0 aliphatic rings. The highest BCUT2D eigenvalue weighted by atomic mass is 32.1. The maximum Gasteiger partial charge on any atom is 0.0814 e. The second kappa shape index (κ2) is 5.37. The van der Waals surface area contributed by atoms with Gasteiger partial charge in [0.15, 0.2) is 0 Å². The Morgan fingerprint density at radius 1 is 1.54 bits per heavy atom. The summed E-state index contributed by atoms with van der Waals surface area (Å²) >= 11 is 1.65. The molecule has 0 radical (unpaired) electrons. The molecule has 0 saturated heterocycles. The lowest BCUT2D eigenvalue weighted by atomic mass is 10.1. The van der Waals surface area contributed by atoms with Crippen LogP contribution in [0.3, 0.4) is 0 Å². The third-order valence-corrected chi connectivity index (χ3v) is 2.41. The Morgan fingerprint density at radius 3 is 2.85 bits per heavy atom. The molecule has 0 saturated carbocycles. The smallest absolute Gasteiger partial charge is 0.0814 e. The summed E-state index contributed by atoms with van der Waals surface area (Å²) in [7, 11) is 0. The van der Waals surface area contributed by atoms with Crippen LogP contribution in [0, 0.1) is 0 Å². The second-order valence-electron chi connectivity index (χ2n) is 3.37. The van der Waals surface area contributed by atoms with E-state index in [0.717, 1.165) is 0 Å². The molecule has 0 fully saturated rings. The second-order valence-corrected chi connectivity index (χ2v) is 4.15. The van der Waals surface area contributed by atoms with E-state index in [1.54, 1.807) is 11.3 Å². The standard InChI is InChI=1S/C10H16O2S/c1-8(2)12-6-10(11)5-9-3-4-13-7-9/h3-4,7-8,10-11H,5-6H2,1-2H3. The van der Waals surface area contributed by atoms with Crippen LogP contribution in [0.1, 0.15) is 19.4 Å². The molecule has 0 aliphatic carbocycles. The van der Waals surface area contributed by atoms with Crippen LogP contribution in [-0.4, -0.2) is 23.9 Å². The molecule has 1 heterocycles. The first-order valence-corrected chi connectivity index (χ1v) is 5.43. The largest absolute Gasteiger partial charge is 0.390 e. The lowest BCUT2D eigenvalue weighted by molar-refractivity contribution is 0.00625. The molecule has 1 unspecified atom stereocenters. The van der Waals surface area contributed by atoms with Crippen LogP contribution in [0.5, 0.6) is 0 Å². The van der Waals surface area contributed by atoms with Crippen molar-refractivity contribution in [1.29, 1.82) is 0 Å². The highest BCUT2D eigenvalue weighted by Crippen LogP contribution is 2.09. The molecule has 0 bridgehead atoms. The van der Waals surface area contributed by atoms with Crippen LogP contribution in [0.2, 0.25) is 0 Å². The zero-order chi connectivity index (χ0) is 9.68. The van der Waals surface area contributed by atoms with Crippen LogP contribution in [-0.2, 0) is 11.2 Å². The number of hydrogen-bond donors (Lipinski definition) is 1. The fraction of sp³-hybridized carbons (Fsp3) is 0.600. The Bertz CT molecular complexity index is 219. The molecule has 0 spiro atoms. The number of hydrogen-bond acceptors (Lipinski definition) is 3. The van der Waals surface area contributed by atoms with E-state index < -0.39 is 0 Å². The first kappa shape index (κ1) is 10.7. The summed E-state index contributed by atoms with van der Waals surface area (Å²) in [5, 5.41) is 13.6. The zero-order valence-corrected chi connectivity index (χ0v) is 8.88. The summed E-state index contributed by atoms with van der Waals surface area (Å²) in [5.41, 5.74) is 1.19. The fourth-order valence-corrected chi connectivity index (χ4v) is 1.72. The van der Waals surface area contributed by atoms with Gasteiger partial charge >= 0.3 is 0 Å². The predicted molar refractivity (Wildman–Crippen MR) is 55.1 cm³/mol. The van der Waals surface area contributed by atoms with E-state index >= 15 is 0 Å². The van der Waals surface area contributed by atoms with Crippen molar-refractivity contribution in [2.45, 2.75) is 32.5 Å². The number of rotatable bonds is 5. The Kier molecular flexibility index (Phi) is 4.42. The van der Waals surface area contributed by atoms with Gasteiger partial charge in [0.1, 0.15) is 0 Å². The summed E-state index contributed by atoms with van der Waals surface area (Å²) in [6, 6.07) is 2.03. The monoisotopic (exact) mass is 200 g/mol. The number of ether oxygens (including phenoxy) is 1. The number of aliphatic hydroxyl groups excluding tert-OH is 1. The molecular weight excluding hydrogens is 184 g/mol. The third-order valence-electron chi connectivity index (χ3n) is 1.67. The van der Waals surface area contributed by atoms with Crippen molar-refractivity contribution in [3.8, 4) is 0 Å². The van der Waals surface area contributed by atoms with Gasteiger partial charge in [-0.2, -0.15) is 11.3 Å². The van der Waals surface area contributed by atoms with E-state index in [0.29, 0.717) is 13.0 Å². The van der Waals surface area contributed by atoms with Gasteiger partial charge in [0.2, 0.25) is 0 Å². The van der Waals surface area contributed by atoms with Crippen molar-refractivity contribution < 1.29 is 9.84 Å². The molecule has 1 N–H and O–H groups in total. The molecular formula is C10H16O2S. The topological polar surface area (TPSA) is 29.5 Å². The molecule has 74 valence electrons. The van der Waals surface area contributed by atoms with Gasteiger partial charge in [-0.1, -0.05) is 0 Å². The summed E-state index contributed by atoms with van der Waals surface area (Å²) < 4.78 is 5.31. The summed E-state index contributed by atoms with van der Waals surface area (Å²) in [6.45, 7) is 4.36. The molecule has 1 aromatic rings. The molecule has 13 heavy (non-hydrogen) atoms. The van der Waals surface area contributed by atoms with Crippen LogP contribution in [0.15, 0.2) is 16.8 Å². The molecule has 1 rings (SSSR count). The van der Waals surface area contributed by atoms with Gasteiger partial charge in [-0.15, -0.1) is 0 Å². The average Bonchev–Trinajstić information content (AvgIpc) is 2.53. The number of thiophene rings is 1. The molecule has 0 amide bonds. The van der Waals surface area contributed by atoms with Crippen molar-refractivity contribution >= 4 is 11.3 Å². The lowest BCUT2D eigenvalue weighted by Crippen LogP contribution is -2.20.